The van der Waals surface area contributed by atoms with Crippen LogP contribution in [0.3, 0.4) is 0 Å². The molecule has 1 aliphatic heterocycles. The lowest BCUT2D eigenvalue weighted by molar-refractivity contribution is -0.386. The number of rotatable bonds is 8. The van der Waals surface area contributed by atoms with Gasteiger partial charge in [0.2, 0.25) is 11.7 Å². The van der Waals surface area contributed by atoms with Gasteiger partial charge in [0, 0.05) is 36.1 Å². The maximum atomic E-state index is 13.4. The SMILES string of the molecule is CCOc1ccc(C2CC(=O)C3=C(C2)NC(=O)CC3c2cc(OCC)c(O)c([N+](=O)[O-])c2)cc1OC. The van der Waals surface area contributed by atoms with E-state index in [2.05, 4.69) is 5.32 Å². The molecule has 2 unspecified atom stereocenters. The highest BCUT2D eigenvalue weighted by Gasteiger charge is 2.39. The Hall–Kier alpha value is -4.08. The number of allylic oxidation sites excluding steroid dienone is 2. The van der Waals surface area contributed by atoms with Gasteiger partial charge in [-0.2, -0.15) is 0 Å². The molecule has 1 aliphatic carbocycles. The van der Waals surface area contributed by atoms with Crippen LogP contribution < -0.4 is 19.5 Å². The van der Waals surface area contributed by atoms with Gasteiger partial charge in [0.25, 0.3) is 0 Å². The Labute approximate surface area is 208 Å². The number of phenols is 1. The molecule has 4 rings (SSSR count). The van der Waals surface area contributed by atoms with Crippen LogP contribution in [0.2, 0.25) is 0 Å². The number of methoxy groups -OCH3 is 1. The number of amides is 1. The molecule has 10 heteroatoms. The summed E-state index contributed by atoms with van der Waals surface area (Å²) in [5.74, 6) is -0.777. The molecule has 0 aromatic heterocycles. The lowest BCUT2D eigenvalue weighted by atomic mass is 9.73. The molecule has 36 heavy (non-hydrogen) atoms. The number of nitro groups is 1. The third-order valence-corrected chi connectivity index (χ3v) is 6.47. The Kier molecular flexibility index (Phi) is 7.14. The Morgan fingerprint density at radius 3 is 2.36 bits per heavy atom. The highest BCUT2D eigenvalue weighted by Crippen LogP contribution is 2.47. The summed E-state index contributed by atoms with van der Waals surface area (Å²) in [6.45, 7) is 4.23. The largest absolute Gasteiger partial charge is 0.500 e. The van der Waals surface area contributed by atoms with Crippen LogP contribution in [0.25, 0.3) is 0 Å². The molecular formula is C26H28N2O8. The van der Waals surface area contributed by atoms with Gasteiger partial charge >= 0.3 is 5.69 Å². The van der Waals surface area contributed by atoms with E-state index >= 15 is 0 Å². The number of ketones is 1. The second-order valence-corrected chi connectivity index (χ2v) is 8.65. The zero-order valence-corrected chi connectivity index (χ0v) is 20.3. The van der Waals surface area contributed by atoms with Gasteiger partial charge in [0.05, 0.1) is 25.2 Å². The number of hydrogen-bond donors (Lipinski definition) is 2. The Morgan fingerprint density at radius 2 is 1.69 bits per heavy atom. The molecule has 190 valence electrons. The Bertz CT molecular complexity index is 1250. The van der Waals surface area contributed by atoms with Crippen molar-refractivity contribution in [2.75, 3.05) is 20.3 Å². The van der Waals surface area contributed by atoms with E-state index in [9.17, 15) is 24.8 Å². The monoisotopic (exact) mass is 496 g/mol. The topological polar surface area (TPSA) is 137 Å². The van der Waals surface area contributed by atoms with Crippen molar-refractivity contribution in [2.24, 2.45) is 0 Å². The molecule has 2 aromatic rings. The van der Waals surface area contributed by atoms with Crippen molar-refractivity contribution in [3.8, 4) is 23.0 Å². The molecule has 0 fully saturated rings. The fourth-order valence-electron chi connectivity index (χ4n) is 4.91. The number of phenolic OH excluding ortho intramolecular Hbond substituents is 1. The molecule has 1 heterocycles. The molecule has 0 saturated carbocycles. The average Bonchev–Trinajstić information content (AvgIpc) is 2.84. The number of nitrogens with zero attached hydrogens (tertiary/aromatic N) is 1. The summed E-state index contributed by atoms with van der Waals surface area (Å²) < 4.78 is 16.4. The molecule has 2 aliphatic rings. The molecule has 0 radical (unpaired) electrons. The maximum absolute atomic E-state index is 13.4. The van der Waals surface area contributed by atoms with E-state index in [1.54, 1.807) is 20.1 Å². The predicted octanol–water partition coefficient (Wildman–Crippen LogP) is 4.11. The van der Waals surface area contributed by atoms with Gasteiger partial charge in [-0.1, -0.05) is 6.07 Å². The fourth-order valence-corrected chi connectivity index (χ4v) is 4.91. The number of aromatic hydroxyl groups is 1. The maximum Gasteiger partial charge on any atom is 0.314 e. The Morgan fingerprint density at radius 1 is 1.00 bits per heavy atom. The minimum Gasteiger partial charge on any atom is -0.500 e. The van der Waals surface area contributed by atoms with Crippen LogP contribution in [0.15, 0.2) is 41.6 Å². The van der Waals surface area contributed by atoms with Gasteiger partial charge in [0.1, 0.15) is 0 Å². The Balaban J connectivity index is 1.73. The van der Waals surface area contributed by atoms with Crippen molar-refractivity contribution in [3.05, 3.63) is 62.8 Å². The van der Waals surface area contributed by atoms with Crippen LogP contribution in [-0.4, -0.2) is 42.0 Å². The lowest BCUT2D eigenvalue weighted by Crippen LogP contribution is -2.38. The molecular weight excluding hydrogens is 468 g/mol. The third-order valence-electron chi connectivity index (χ3n) is 6.47. The number of carbonyl (C=O) groups is 2. The summed E-state index contributed by atoms with van der Waals surface area (Å²) in [6.07, 6.45) is 0.583. The number of nitrogens with one attached hydrogen (secondary N) is 1. The van der Waals surface area contributed by atoms with Gasteiger partial charge in [-0.05, 0) is 55.5 Å². The number of hydrogen-bond acceptors (Lipinski definition) is 8. The number of benzene rings is 2. The lowest BCUT2D eigenvalue weighted by Gasteiger charge is -2.34. The van der Waals surface area contributed by atoms with Gasteiger partial charge in [-0.15, -0.1) is 0 Å². The highest BCUT2D eigenvalue weighted by atomic mass is 16.6. The normalized spacial score (nSPS) is 19.4. The quantitative estimate of drug-likeness (QED) is 0.411. The van der Waals surface area contributed by atoms with Crippen molar-refractivity contribution in [3.63, 3.8) is 0 Å². The van der Waals surface area contributed by atoms with Gasteiger partial charge < -0.3 is 24.6 Å². The van der Waals surface area contributed by atoms with Crippen LogP contribution in [0, 0.1) is 10.1 Å². The zero-order valence-electron chi connectivity index (χ0n) is 20.3. The molecule has 1 amide bonds. The number of ether oxygens (including phenoxy) is 3. The van der Waals surface area contributed by atoms with Gasteiger partial charge in [-0.3, -0.25) is 19.7 Å². The minimum absolute atomic E-state index is 0.0421. The second kappa shape index (κ2) is 10.3. The highest BCUT2D eigenvalue weighted by molar-refractivity contribution is 6.02. The van der Waals surface area contributed by atoms with Crippen LogP contribution in [0.4, 0.5) is 5.69 Å². The molecule has 10 nitrogen and oxygen atoms in total. The van der Waals surface area contributed by atoms with Crippen molar-refractivity contribution in [1.29, 1.82) is 0 Å². The van der Waals surface area contributed by atoms with Crippen LogP contribution >= 0.6 is 0 Å². The first-order valence-electron chi connectivity index (χ1n) is 11.8. The fraction of sp³-hybridized carbons (Fsp3) is 0.385. The van der Waals surface area contributed by atoms with E-state index in [-0.39, 0.29) is 42.8 Å². The summed E-state index contributed by atoms with van der Waals surface area (Å²) in [7, 11) is 1.55. The molecule has 2 atom stereocenters. The first-order valence-corrected chi connectivity index (χ1v) is 11.8. The number of Topliss-reactive ketones (excluding diaryl/α,β-unsaturated/α-hetero) is 1. The summed E-state index contributed by atoms with van der Waals surface area (Å²) in [4.78, 5) is 36.9. The van der Waals surface area contributed by atoms with Crippen molar-refractivity contribution >= 4 is 17.4 Å². The third kappa shape index (κ3) is 4.71. The van der Waals surface area contributed by atoms with E-state index in [1.165, 1.54) is 12.1 Å². The molecule has 0 saturated heterocycles. The molecule has 0 bridgehead atoms. The van der Waals surface area contributed by atoms with Crippen molar-refractivity contribution in [2.45, 2.75) is 44.9 Å². The number of nitro benzene ring substituents is 1. The van der Waals surface area contributed by atoms with Crippen molar-refractivity contribution < 1.29 is 33.8 Å². The molecule has 2 aromatic carbocycles. The summed E-state index contributed by atoms with van der Waals surface area (Å²) in [5.41, 5.74) is 1.67. The van der Waals surface area contributed by atoms with E-state index in [0.29, 0.717) is 41.4 Å². The smallest absolute Gasteiger partial charge is 0.314 e. The first-order chi connectivity index (χ1) is 17.3. The van der Waals surface area contributed by atoms with Crippen LogP contribution in [-0.2, 0) is 9.59 Å². The van der Waals surface area contributed by atoms with Crippen molar-refractivity contribution in [1.82, 2.24) is 5.32 Å². The number of carbonyl (C=O) groups excluding carboxylic acids is 2. The minimum atomic E-state index is -0.711. The standard InChI is InChI=1S/C26H28N2O8/c1-4-35-21-7-6-14(11-22(21)34-3)15-8-18-25(20(29)10-15)17(13-24(30)27-18)16-9-19(28(32)33)26(31)23(12-16)36-5-2/h6-7,9,11-12,15,17,31H,4-5,8,10,13H2,1-3H3,(H,27,30). The second-order valence-electron chi connectivity index (χ2n) is 8.65. The molecule has 2 N–H and O–H groups in total. The van der Waals surface area contributed by atoms with E-state index in [4.69, 9.17) is 14.2 Å². The molecule has 0 spiro atoms. The zero-order chi connectivity index (χ0) is 26.0. The summed E-state index contributed by atoms with van der Waals surface area (Å²) in [6, 6.07) is 8.21. The summed E-state index contributed by atoms with van der Waals surface area (Å²) >= 11 is 0. The van der Waals surface area contributed by atoms with E-state index in [0.717, 1.165) is 5.56 Å². The van der Waals surface area contributed by atoms with Gasteiger partial charge in [0.15, 0.2) is 23.0 Å². The van der Waals surface area contributed by atoms with E-state index < -0.39 is 22.3 Å². The van der Waals surface area contributed by atoms with Crippen LogP contribution in [0.5, 0.6) is 23.0 Å². The van der Waals surface area contributed by atoms with Crippen LogP contribution in [0.1, 0.15) is 56.1 Å². The van der Waals surface area contributed by atoms with Gasteiger partial charge in [-0.25, -0.2) is 0 Å². The predicted molar refractivity (Wildman–Crippen MR) is 130 cm³/mol. The summed E-state index contributed by atoms with van der Waals surface area (Å²) in [5, 5.41) is 24.7. The average molecular weight is 497 g/mol. The first kappa shape index (κ1) is 25.0. The van der Waals surface area contributed by atoms with E-state index in [1.807, 2.05) is 19.1 Å².